The van der Waals surface area contributed by atoms with Crippen molar-refractivity contribution in [1.29, 1.82) is 0 Å². The number of nitrogens with two attached hydrogens (primary N) is 1. The molecule has 1 aromatic rings. The van der Waals surface area contributed by atoms with E-state index < -0.39 is 42.5 Å². The standard InChI is InChI=1S/C21H22F6N4O3/c1-10-30-14(5-15(20(22,23)24)21(25,26)27)18(33)31(10)11-6-19(7-11)8-12(9-19)34-17-13(16(28)32)3-2-4-29-17/h2-4,11-12,14-15,30H,1,5-9H2,(H2,28,32). The fourth-order valence-corrected chi connectivity index (χ4v) is 5.16. The van der Waals surface area contributed by atoms with Crippen LogP contribution in [-0.4, -0.2) is 52.2 Å². The molecule has 0 radical (unpaired) electrons. The van der Waals surface area contributed by atoms with E-state index in [1.807, 2.05) is 0 Å². The second-order valence-corrected chi connectivity index (χ2v) is 9.15. The molecule has 7 nitrogen and oxygen atoms in total. The Morgan fingerprint density at radius 1 is 1.24 bits per heavy atom. The summed E-state index contributed by atoms with van der Waals surface area (Å²) in [5.74, 6) is -4.99. The fraction of sp³-hybridized carbons (Fsp3) is 0.571. The van der Waals surface area contributed by atoms with Gasteiger partial charge < -0.3 is 15.8 Å². The molecule has 1 saturated heterocycles. The number of carbonyl (C=O) groups is 2. The summed E-state index contributed by atoms with van der Waals surface area (Å²) in [5.41, 5.74) is 5.31. The molecule has 1 aromatic heterocycles. The molecule has 0 bridgehead atoms. The highest BCUT2D eigenvalue weighted by atomic mass is 19.4. The van der Waals surface area contributed by atoms with Crippen molar-refractivity contribution in [3.05, 3.63) is 36.3 Å². The average Bonchev–Trinajstić information content (AvgIpc) is 2.92. The highest BCUT2D eigenvalue weighted by Crippen LogP contribution is 2.59. The van der Waals surface area contributed by atoms with Crippen LogP contribution in [0, 0.1) is 11.3 Å². The van der Waals surface area contributed by atoms with E-state index in [0.29, 0.717) is 25.7 Å². The van der Waals surface area contributed by atoms with E-state index in [9.17, 15) is 35.9 Å². The SMILES string of the molecule is C=C1NC(CC(C(F)(F)F)C(F)(F)F)C(=O)N1C1CC2(CC(Oc3ncccc3C(N)=O)C2)C1. The number of alkyl halides is 6. The first-order valence-electron chi connectivity index (χ1n) is 10.5. The Morgan fingerprint density at radius 3 is 2.41 bits per heavy atom. The molecule has 1 atom stereocenters. The van der Waals surface area contributed by atoms with E-state index in [0.717, 1.165) is 0 Å². The summed E-state index contributed by atoms with van der Waals surface area (Å²) in [6.45, 7) is 3.61. The molecular weight excluding hydrogens is 470 g/mol. The highest BCUT2D eigenvalue weighted by Gasteiger charge is 2.60. The van der Waals surface area contributed by atoms with Crippen molar-refractivity contribution in [2.24, 2.45) is 17.1 Å². The average molecular weight is 492 g/mol. The molecule has 13 heteroatoms. The van der Waals surface area contributed by atoms with E-state index in [2.05, 4.69) is 16.9 Å². The molecule has 1 spiro atoms. The lowest BCUT2D eigenvalue weighted by molar-refractivity contribution is -0.286. The van der Waals surface area contributed by atoms with E-state index in [1.54, 1.807) is 6.07 Å². The Morgan fingerprint density at radius 2 is 1.85 bits per heavy atom. The second-order valence-electron chi connectivity index (χ2n) is 9.15. The summed E-state index contributed by atoms with van der Waals surface area (Å²) in [6, 6.07) is 1.03. The maximum absolute atomic E-state index is 12.9. The van der Waals surface area contributed by atoms with Crippen molar-refractivity contribution in [3.8, 4) is 5.88 Å². The molecule has 3 fully saturated rings. The number of nitrogens with one attached hydrogen (secondary N) is 1. The van der Waals surface area contributed by atoms with Gasteiger partial charge in [-0.15, -0.1) is 0 Å². The first-order chi connectivity index (χ1) is 15.7. The van der Waals surface area contributed by atoms with Gasteiger partial charge in [-0.1, -0.05) is 6.58 Å². The number of amides is 2. The number of halogens is 6. The lowest BCUT2D eigenvalue weighted by atomic mass is 9.52. The van der Waals surface area contributed by atoms with Crippen LogP contribution < -0.4 is 15.8 Å². The minimum Gasteiger partial charge on any atom is -0.474 e. The Kier molecular flexibility index (Phi) is 5.72. The molecule has 2 amide bonds. The Bertz CT molecular complexity index is 983. The van der Waals surface area contributed by atoms with Crippen LogP contribution in [0.1, 0.15) is 42.5 Å². The predicted molar refractivity (Wildman–Crippen MR) is 105 cm³/mol. The zero-order valence-electron chi connectivity index (χ0n) is 17.7. The molecule has 186 valence electrons. The van der Waals surface area contributed by atoms with Gasteiger partial charge in [0, 0.05) is 12.2 Å². The molecule has 1 unspecified atom stereocenters. The Hall–Kier alpha value is -2.99. The number of nitrogens with zero attached hydrogens (tertiary/aromatic N) is 2. The van der Waals surface area contributed by atoms with E-state index in [1.165, 1.54) is 17.2 Å². The third-order valence-corrected chi connectivity index (χ3v) is 6.77. The maximum Gasteiger partial charge on any atom is 0.400 e. The zero-order chi connectivity index (χ0) is 25.1. The van der Waals surface area contributed by atoms with Crippen LogP contribution in [0.4, 0.5) is 26.3 Å². The Labute approximate surface area is 190 Å². The van der Waals surface area contributed by atoms with Crippen LogP contribution in [0.25, 0.3) is 0 Å². The number of hydrogen-bond acceptors (Lipinski definition) is 5. The number of aromatic nitrogens is 1. The topological polar surface area (TPSA) is 97.6 Å². The molecule has 4 rings (SSSR count). The van der Waals surface area contributed by atoms with Crippen LogP contribution in [0.15, 0.2) is 30.7 Å². The van der Waals surface area contributed by atoms with Crippen LogP contribution >= 0.6 is 0 Å². The van der Waals surface area contributed by atoms with Gasteiger partial charge in [-0.2, -0.15) is 26.3 Å². The van der Waals surface area contributed by atoms with Gasteiger partial charge in [0.25, 0.3) is 11.8 Å². The summed E-state index contributed by atoms with van der Waals surface area (Å²) in [4.78, 5) is 29.3. The Balaban J connectivity index is 1.33. The van der Waals surface area contributed by atoms with Crippen LogP contribution in [0.5, 0.6) is 5.88 Å². The molecule has 3 aliphatic rings. The number of carbonyl (C=O) groups excluding carboxylic acids is 2. The first kappa shape index (κ1) is 24.1. The number of ether oxygens (including phenoxy) is 1. The van der Waals surface area contributed by atoms with Gasteiger partial charge in [0.05, 0.1) is 0 Å². The quantitative estimate of drug-likeness (QED) is 0.595. The van der Waals surface area contributed by atoms with Crippen molar-refractivity contribution in [2.45, 2.75) is 62.6 Å². The zero-order valence-corrected chi connectivity index (χ0v) is 17.7. The smallest absolute Gasteiger partial charge is 0.400 e. The van der Waals surface area contributed by atoms with Crippen LogP contribution in [-0.2, 0) is 4.79 Å². The minimum atomic E-state index is -5.52. The molecule has 3 N–H and O–H groups in total. The number of pyridine rings is 1. The molecule has 2 heterocycles. The van der Waals surface area contributed by atoms with Gasteiger partial charge in [-0.25, -0.2) is 4.98 Å². The molecule has 2 saturated carbocycles. The molecule has 2 aliphatic carbocycles. The summed E-state index contributed by atoms with van der Waals surface area (Å²) in [7, 11) is 0. The van der Waals surface area contributed by atoms with Crippen molar-refractivity contribution in [1.82, 2.24) is 15.2 Å². The van der Waals surface area contributed by atoms with Crippen LogP contribution in [0.2, 0.25) is 0 Å². The van der Waals surface area contributed by atoms with Gasteiger partial charge in [0.15, 0.2) is 5.92 Å². The maximum atomic E-state index is 12.9. The van der Waals surface area contributed by atoms with Gasteiger partial charge in [-0.3, -0.25) is 14.5 Å². The lowest BCUT2D eigenvalue weighted by Gasteiger charge is -2.58. The third-order valence-electron chi connectivity index (χ3n) is 6.77. The van der Waals surface area contributed by atoms with E-state index in [-0.39, 0.29) is 34.8 Å². The van der Waals surface area contributed by atoms with Crippen molar-refractivity contribution in [2.75, 3.05) is 0 Å². The first-order valence-corrected chi connectivity index (χ1v) is 10.5. The van der Waals surface area contributed by atoms with Gasteiger partial charge in [0.1, 0.15) is 23.5 Å². The molecule has 0 aromatic carbocycles. The largest absolute Gasteiger partial charge is 0.474 e. The third kappa shape index (κ3) is 4.39. The van der Waals surface area contributed by atoms with Gasteiger partial charge >= 0.3 is 12.4 Å². The van der Waals surface area contributed by atoms with Crippen molar-refractivity contribution < 1.29 is 40.7 Å². The number of primary amides is 1. The minimum absolute atomic E-state index is 0.00431. The van der Waals surface area contributed by atoms with Gasteiger partial charge in [-0.05, 0) is 49.7 Å². The summed E-state index contributed by atoms with van der Waals surface area (Å²) in [5, 5.41) is 2.40. The molecule has 1 aliphatic heterocycles. The van der Waals surface area contributed by atoms with E-state index >= 15 is 0 Å². The monoisotopic (exact) mass is 492 g/mol. The molecule has 34 heavy (non-hydrogen) atoms. The lowest BCUT2D eigenvalue weighted by Crippen LogP contribution is -2.59. The van der Waals surface area contributed by atoms with Crippen molar-refractivity contribution >= 4 is 11.8 Å². The normalized spacial score (nSPS) is 29.1. The summed E-state index contributed by atoms with van der Waals surface area (Å²) < 4.78 is 83.2. The van der Waals surface area contributed by atoms with Crippen molar-refractivity contribution in [3.63, 3.8) is 0 Å². The number of hydrogen-bond donors (Lipinski definition) is 2. The van der Waals surface area contributed by atoms with E-state index in [4.69, 9.17) is 10.5 Å². The van der Waals surface area contributed by atoms with Gasteiger partial charge in [0.2, 0.25) is 5.88 Å². The van der Waals surface area contributed by atoms with Crippen LogP contribution in [0.3, 0.4) is 0 Å². The summed E-state index contributed by atoms with van der Waals surface area (Å²) >= 11 is 0. The fourth-order valence-electron chi connectivity index (χ4n) is 5.16. The highest BCUT2D eigenvalue weighted by molar-refractivity contribution is 5.94. The molecular formula is C21H22F6N4O3. The second kappa shape index (κ2) is 8.05. The summed E-state index contributed by atoms with van der Waals surface area (Å²) in [6.07, 6.45) is -9.00. The predicted octanol–water partition coefficient (Wildman–Crippen LogP) is 3.27. The number of rotatable bonds is 6.